The minimum Gasteiger partial charge on any atom is -0.462 e. The van der Waals surface area contributed by atoms with Crippen molar-refractivity contribution in [1.29, 1.82) is 0 Å². The van der Waals surface area contributed by atoms with E-state index in [9.17, 15) is 4.79 Å². The Bertz CT molecular complexity index is 173. The van der Waals surface area contributed by atoms with E-state index < -0.39 is 0 Å². The van der Waals surface area contributed by atoms with Crippen LogP contribution in [0.3, 0.4) is 0 Å². The van der Waals surface area contributed by atoms with Crippen LogP contribution in [0, 0.1) is 5.92 Å². The van der Waals surface area contributed by atoms with Gasteiger partial charge in [0.05, 0.1) is 12.2 Å². The smallest absolute Gasteiger partial charge is 0.335 e. The standard InChI is InChI=1S/C9H15ClO2/c1-4-5-12-9(11)8(6-10)7(2)3/h6-7H,4-5H2,1-3H3. The fourth-order valence-electron chi connectivity index (χ4n) is 0.684. The molecule has 0 rings (SSSR count). The zero-order chi connectivity index (χ0) is 9.56. The van der Waals surface area contributed by atoms with Crippen LogP contribution in [0.2, 0.25) is 0 Å². The quantitative estimate of drug-likeness (QED) is 0.503. The third-order valence-corrected chi connectivity index (χ3v) is 1.65. The van der Waals surface area contributed by atoms with Gasteiger partial charge >= 0.3 is 5.97 Å². The number of carbonyl (C=O) groups excluding carboxylic acids is 1. The summed E-state index contributed by atoms with van der Waals surface area (Å²) < 4.78 is 4.91. The second kappa shape index (κ2) is 6.06. The maximum atomic E-state index is 11.2. The summed E-state index contributed by atoms with van der Waals surface area (Å²) in [5, 5.41) is 0. The van der Waals surface area contributed by atoms with Gasteiger partial charge in [0, 0.05) is 5.54 Å². The lowest BCUT2D eigenvalue weighted by Gasteiger charge is -2.08. The van der Waals surface area contributed by atoms with Crippen molar-refractivity contribution in [3.63, 3.8) is 0 Å². The topological polar surface area (TPSA) is 26.3 Å². The van der Waals surface area contributed by atoms with E-state index in [0.717, 1.165) is 6.42 Å². The summed E-state index contributed by atoms with van der Waals surface area (Å²) in [5.41, 5.74) is 1.83. The van der Waals surface area contributed by atoms with Crippen molar-refractivity contribution in [3.05, 3.63) is 11.1 Å². The molecule has 0 saturated carbocycles. The van der Waals surface area contributed by atoms with Gasteiger partial charge < -0.3 is 4.74 Å². The predicted molar refractivity (Wildman–Crippen MR) is 50.0 cm³/mol. The Morgan fingerprint density at radius 2 is 2.17 bits per heavy atom. The van der Waals surface area contributed by atoms with Gasteiger partial charge in [-0.2, -0.15) is 0 Å². The molecule has 0 amide bonds. The summed E-state index contributed by atoms with van der Waals surface area (Å²) in [6.45, 7) is 6.22. The molecule has 0 aliphatic heterocycles. The van der Waals surface area contributed by atoms with Crippen molar-refractivity contribution in [2.45, 2.75) is 27.2 Å². The first-order chi connectivity index (χ1) is 5.63. The lowest BCUT2D eigenvalue weighted by atomic mass is 10.1. The van der Waals surface area contributed by atoms with Crippen molar-refractivity contribution in [3.8, 4) is 0 Å². The zero-order valence-corrected chi connectivity index (χ0v) is 8.52. The highest BCUT2D eigenvalue weighted by molar-refractivity contribution is 6.27. The molecule has 0 N–H and O–H groups in total. The largest absolute Gasteiger partial charge is 0.462 e. The van der Waals surface area contributed by atoms with Gasteiger partial charge in [-0.25, -0.2) is 4.79 Å². The third-order valence-electron chi connectivity index (χ3n) is 1.41. The second-order valence-corrected chi connectivity index (χ2v) is 3.07. The molecule has 70 valence electrons. The molecule has 0 unspecified atom stereocenters. The number of halogens is 1. The van der Waals surface area contributed by atoms with Crippen molar-refractivity contribution in [1.82, 2.24) is 0 Å². The van der Waals surface area contributed by atoms with Crippen LogP contribution in [0.25, 0.3) is 0 Å². The Labute approximate surface area is 78.5 Å². The van der Waals surface area contributed by atoms with Crippen molar-refractivity contribution >= 4 is 17.6 Å². The summed E-state index contributed by atoms with van der Waals surface area (Å²) >= 11 is 5.47. The van der Waals surface area contributed by atoms with E-state index >= 15 is 0 Å². The van der Waals surface area contributed by atoms with Crippen LogP contribution in [0.15, 0.2) is 11.1 Å². The van der Waals surface area contributed by atoms with Gasteiger partial charge in [-0.05, 0) is 12.3 Å². The first kappa shape index (κ1) is 11.5. The maximum absolute atomic E-state index is 11.2. The molecule has 0 saturated heterocycles. The van der Waals surface area contributed by atoms with Gasteiger partial charge in [0.25, 0.3) is 0 Å². The van der Waals surface area contributed by atoms with Crippen LogP contribution < -0.4 is 0 Å². The van der Waals surface area contributed by atoms with E-state index in [1.807, 2.05) is 20.8 Å². The molecule has 0 radical (unpaired) electrons. The molecule has 3 heteroatoms. The Balaban J connectivity index is 4.06. The van der Waals surface area contributed by atoms with Gasteiger partial charge in [-0.1, -0.05) is 32.4 Å². The summed E-state index contributed by atoms with van der Waals surface area (Å²) in [6.07, 6.45) is 0.833. The lowest BCUT2D eigenvalue weighted by molar-refractivity contribution is -0.139. The Morgan fingerprint density at radius 1 is 1.58 bits per heavy atom. The van der Waals surface area contributed by atoms with E-state index in [0.29, 0.717) is 12.2 Å². The van der Waals surface area contributed by atoms with Crippen molar-refractivity contribution < 1.29 is 9.53 Å². The molecule has 12 heavy (non-hydrogen) atoms. The maximum Gasteiger partial charge on any atom is 0.335 e. The fraction of sp³-hybridized carbons (Fsp3) is 0.667. The molecule has 0 spiro atoms. The Morgan fingerprint density at radius 3 is 2.50 bits per heavy atom. The van der Waals surface area contributed by atoms with Crippen LogP contribution >= 0.6 is 11.6 Å². The highest BCUT2D eigenvalue weighted by atomic mass is 35.5. The summed E-state index contributed by atoms with van der Waals surface area (Å²) in [4.78, 5) is 11.2. The second-order valence-electron chi connectivity index (χ2n) is 2.86. The normalized spacial score (nSPS) is 11.9. The van der Waals surface area contributed by atoms with Crippen LogP contribution in [0.5, 0.6) is 0 Å². The van der Waals surface area contributed by atoms with E-state index in [1.165, 1.54) is 5.54 Å². The molecule has 0 heterocycles. The van der Waals surface area contributed by atoms with E-state index in [2.05, 4.69) is 0 Å². The highest BCUT2D eigenvalue weighted by Gasteiger charge is 2.13. The van der Waals surface area contributed by atoms with E-state index in [-0.39, 0.29) is 11.9 Å². The molecular formula is C9H15ClO2. The van der Waals surface area contributed by atoms with Gasteiger partial charge in [0.2, 0.25) is 0 Å². The molecule has 0 bridgehead atoms. The van der Waals surface area contributed by atoms with Crippen LogP contribution in [0.1, 0.15) is 27.2 Å². The number of rotatable bonds is 4. The van der Waals surface area contributed by atoms with Gasteiger partial charge in [0.1, 0.15) is 0 Å². The average Bonchev–Trinajstić information content (AvgIpc) is 2.01. The molecule has 0 aliphatic carbocycles. The van der Waals surface area contributed by atoms with Crippen LogP contribution in [0.4, 0.5) is 0 Å². The molecule has 0 aromatic carbocycles. The first-order valence-electron chi connectivity index (χ1n) is 4.10. The lowest BCUT2D eigenvalue weighted by Crippen LogP contribution is -2.12. The molecule has 0 aromatic rings. The molecule has 0 aliphatic rings. The SMILES string of the molecule is CCCOC(=O)C(=CCl)C(C)C. The van der Waals surface area contributed by atoms with E-state index in [4.69, 9.17) is 16.3 Å². The number of ether oxygens (including phenoxy) is 1. The predicted octanol–water partition coefficient (Wildman–Crippen LogP) is 2.72. The van der Waals surface area contributed by atoms with Gasteiger partial charge in [-0.3, -0.25) is 0 Å². The molecular weight excluding hydrogens is 176 g/mol. The Kier molecular flexibility index (Phi) is 5.81. The number of carbonyl (C=O) groups is 1. The molecule has 0 aromatic heterocycles. The first-order valence-corrected chi connectivity index (χ1v) is 4.54. The summed E-state index contributed by atoms with van der Waals surface area (Å²) in [5.74, 6) is -0.186. The van der Waals surface area contributed by atoms with Crippen molar-refractivity contribution in [2.24, 2.45) is 5.92 Å². The van der Waals surface area contributed by atoms with Crippen molar-refractivity contribution in [2.75, 3.05) is 6.61 Å². The summed E-state index contributed by atoms with van der Waals surface area (Å²) in [6, 6.07) is 0. The summed E-state index contributed by atoms with van der Waals surface area (Å²) in [7, 11) is 0. The van der Waals surface area contributed by atoms with Gasteiger partial charge in [-0.15, -0.1) is 0 Å². The number of hydrogen-bond acceptors (Lipinski definition) is 2. The van der Waals surface area contributed by atoms with Gasteiger partial charge in [0.15, 0.2) is 0 Å². The Hall–Kier alpha value is -0.500. The average molecular weight is 191 g/mol. The van der Waals surface area contributed by atoms with Crippen LogP contribution in [-0.2, 0) is 9.53 Å². The number of esters is 1. The number of hydrogen-bond donors (Lipinski definition) is 0. The zero-order valence-electron chi connectivity index (χ0n) is 7.76. The third kappa shape index (κ3) is 3.77. The minimum absolute atomic E-state index is 0.117. The van der Waals surface area contributed by atoms with Crippen LogP contribution in [-0.4, -0.2) is 12.6 Å². The minimum atomic E-state index is -0.304. The van der Waals surface area contributed by atoms with E-state index in [1.54, 1.807) is 0 Å². The highest BCUT2D eigenvalue weighted by Crippen LogP contribution is 2.12. The molecule has 0 fully saturated rings. The molecule has 2 nitrogen and oxygen atoms in total. The molecule has 0 atom stereocenters. The fourth-order valence-corrected chi connectivity index (χ4v) is 1.03. The monoisotopic (exact) mass is 190 g/mol.